The second-order valence-electron chi connectivity index (χ2n) is 3.26. The Morgan fingerprint density at radius 1 is 1.69 bits per heavy atom. The number of hydrogen-bond donors (Lipinski definition) is 1. The van der Waals surface area contributed by atoms with E-state index in [0.29, 0.717) is 0 Å². The van der Waals surface area contributed by atoms with Crippen molar-refractivity contribution in [2.75, 3.05) is 0 Å². The number of nitrogens with zero attached hydrogens (tertiary/aromatic N) is 2. The maximum atomic E-state index is 10.8. The summed E-state index contributed by atoms with van der Waals surface area (Å²) >= 11 is 0. The molecule has 1 aromatic rings. The molecule has 0 radical (unpaired) electrons. The van der Waals surface area contributed by atoms with Crippen LogP contribution in [0.25, 0.3) is 0 Å². The molecule has 13 heavy (non-hydrogen) atoms. The lowest BCUT2D eigenvalue weighted by Gasteiger charge is -1.95. The van der Waals surface area contributed by atoms with Crippen molar-refractivity contribution in [1.29, 1.82) is 0 Å². The van der Waals surface area contributed by atoms with Crippen LogP contribution in [0.5, 0.6) is 0 Å². The smallest absolute Gasteiger partial charge is 0.356 e. The highest BCUT2D eigenvalue weighted by Gasteiger charge is 2.23. The normalized spacial score (nSPS) is 14.5. The van der Waals surface area contributed by atoms with Gasteiger partial charge in [0.15, 0.2) is 5.69 Å². The molecule has 1 N–H and O–H groups in total. The van der Waals surface area contributed by atoms with Crippen LogP contribution < -0.4 is 0 Å². The second kappa shape index (κ2) is 2.87. The quantitative estimate of drug-likeness (QED) is 0.741. The highest BCUT2D eigenvalue weighted by Crippen LogP contribution is 2.22. The van der Waals surface area contributed by atoms with E-state index >= 15 is 0 Å². The minimum atomic E-state index is -0.904. The molecule has 0 amide bonds. The van der Waals surface area contributed by atoms with Crippen LogP contribution in [-0.2, 0) is 19.4 Å². The summed E-state index contributed by atoms with van der Waals surface area (Å²) in [6.07, 6.45) is 2.83. The van der Waals surface area contributed by atoms with Crippen LogP contribution in [0.15, 0.2) is 0 Å². The average Bonchev–Trinajstić information content (AvgIpc) is 2.60. The van der Waals surface area contributed by atoms with Gasteiger partial charge in [-0.3, -0.25) is 4.68 Å². The maximum Gasteiger partial charge on any atom is 0.356 e. The Labute approximate surface area is 76.2 Å². The Balaban J connectivity index is 2.53. The van der Waals surface area contributed by atoms with Crippen molar-refractivity contribution in [3.63, 3.8) is 0 Å². The fourth-order valence-corrected chi connectivity index (χ4v) is 1.94. The van der Waals surface area contributed by atoms with E-state index in [2.05, 4.69) is 5.10 Å². The van der Waals surface area contributed by atoms with E-state index in [-0.39, 0.29) is 5.69 Å². The molecule has 0 fully saturated rings. The number of fused-ring (bicyclic) bond motifs is 1. The average molecular weight is 180 g/mol. The van der Waals surface area contributed by atoms with Crippen LogP contribution >= 0.6 is 0 Å². The minimum absolute atomic E-state index is 0.247. The molecule has 0 saturated carbocycles. The lowest BCUT2D eigenvalue weighted by Crippen LogP contribution is -2.03. The lowest BCUT2D eigenvalue weighted by atomic mass is 10.1. The first kappa shape index (κ1) is 8.29. The number of carboxylic acids is 1. The van der Waals surface area contributed by atoms with E-state index in [1.165, 1.54) is 0 Å². The van der Waals surface area contributed by atoms with E-state index in [1.807, 2.05) is 11.6 Å². The van der Waals surface area contributed by atoms with E-state index in [9.17, 15) is 4.79 Å². The van der Waals surface area contributed by atoms with Crippen LogP contribution in [0.2, 0.25) is 0 Å². The van der Waals surface area contributed by atoms with E-state index in [0.717, 1.165) is 37.1 Å². The number of hydrogen-bond acceptors (Lipinski definition) is 2. The SMILES string of the molecule is CCc1c(C(=O)O)nn2c1CCC2. The molecule has 1 aliphatic rings. The Kier molecular flexibility index (Phi) is 1.83. The van der Waals surface area contributed by atoms with Gasteiger partial charge in [-0.2, -0.15) is 5.10 Å². The summed E-state index contributed by atoms with van der Waals surface area (Å²) < 4.78 is 1.84. The predicted octanol–water partition coefficient (Wildman–Crippen LogP) is 1.09. The lowest BCUT2D eigenvalue weighted by molar-refractivity contribution is 0.0688. The first-order chi connectivity index (χ1) is 6.24. The van der Waals surface area contributed by atoms with Gasteiger partial charge in [0, 0.05) is 17.8 Å². The molecule has 1 aliphatic heterocycles. The van der Waals surface area contributed by atoms with E-state index in [4.69, 9.17) is 5.11 Å². The van der Waals surface area contributed by atoms with Crippen molar-refractivity contribution in [2.24, 2.45) is 0 Å². The summed E-state index contributed by atoms with van der Waals surface area (Å²) in [6.45, 7) is 2.85. The Bertz CT molecular complexity index is 355. The van der Waals surface area contributed by atoms with Gasteiger partial charge in [-0.05, 0) is 19.3 Å². The van der Waals surface area contributed by atoms with Crippen molar-refractivity contribution in [3.05, 3.63) is 17.0 Å². The monoisotopic (exact) mass is 180 g/mol. The van der Waals surface area contributed by atoms with Crippen molar-refractivity contribution >= 4 is 5.97 Å². The van der Waals surface area contributed by atoms with Crippen LogP contribution in [0.1, 0.15) is 35.1 Å². The van der Waals surface area contributed by atoms with Gasteiger partial charge >= 0.3 is 5.97 Å². The fourth-order valence-electron chi connectivity index (χ4n) is 1.94. The molecule has 2 rings (SSSR count). The first-order valence-corrected chi connectivity index (χ1v) is 4.56. The van der Waals surface area contributed by atoms with Gasteiger partial charge in [0.25, 0.3) is 0 Å². The second-order valence-corrected chi connectivity index (χ2v) is 3.26. The standard InChI is InChI=1S/C9H12N2O2/c1-2-6-7-4-3-5-11(7)10-8(6)9(12)13/h2-5H2,1H3,(H,12,13). The molecule has 0 bridgehead atoms. The molecule has 0 aliphatic carbocycles. The van der Waals surface area contributed by atoms with Crippen LogP contribution in [0.4, 0.5) is 0 Å². The highest BCUT2D eigenvalue weighted by molar-refractivity contribution is 5.87. The summed E-state index contributed by atoms with van der Waals surface area (Å²) in [5, 5.41) is 13.0. The van der Waals surface area contributed by atoms with Crippen molar-refractivity contribution in [3.8, 4) is 0 Å². The van der Waals surface area contributed by atoms with Crippen LogP contribution in [0.3, 0.4) is 0 Å². The zero-order valence-corrected chi connectivity index (χ0v) is 7.58. The minimum Gasteiger partial charge on any atom is -0.476 e. The van der Waals surface area contributed by atoms with Gasteiger partial charge in [0.1, 0.15) is 0 Å². The molecule has 1 aromatic heterocycles. The van der Waals surface area contributed by atoms with Crippen molar-refractivity contribution in [1.82, 2.24) is 9.78 Å². The van der Waals surface area contributed by atoms with Crippen LogP contribution in [-0.4, -0.2) is 20.9 Å². The molecular formula is C9H12N2O2. The summed E-state index contributed by atoms with van der Waals surface area (Å²) in [5.41, 5.74) is 2.29. The van der Waals surface area contributed by atoms with Gasteiger partial charge in [0.05, 0.1) is 0 Å². The number of rotatable bonds is 2. The molecule has 70 valence electrons. The van der Waals surface area contributed by atoms with Crippen molar-refractivity contribution in [2.45, 2.75) is 32.7 Å². The highest BCUT2D eigenvalue weighted by atomic mass is 16.4. The molecule has 2 heterocycles. The third-order valence-corrected chi connectivity index (χ3v) is 2.51. The summed E-state index contributed by atoms with van der Waals surface area (Å²) in [7, 11) is 0. The number of carboxylic acid groups (broad SMARTS) is 1. The van der Waals surface area contributed by atoms with Gasteiger partial charge in [-0.1, -0.05) is 6.92 Å². The van der Waals surface area contributed by atoms with Gasteiger partial charge < -0.3 is 5.11 Å². The summed E-state index contributed by atoms with van der Waals surface area (Å²) in [5.74, 6) is -0.904. The number of aromatic carboxylic acids is 1. The number of carbonyl (C=O) groups is 1. The zero-order chi connectivity index (χ0) is 9.42. The maximum absolute atomic E-state index is 10.8. The molecule has 0 atom stereocenters. The van der Waals surface area contributed by atoms with Crippen LogP contribution in [0, 0.1) is 0 Å². The molecule has 4 nitrogen and oxygen atoms in total. The van der Waals surface area contributed by atoms with E-state index < -0.39 is 5.97 Å². The van der Waals surface area contributed by atoms with Gasteiger partial charge in [-0.25, -0.2) is 4.79 Å². The fraction of sp³-hybridized carbons (Fsp3) is 0.556. The molecular weight excluding hydrogens is 168 g/mol. The molecule has 0 aromatic carbocycles. The third-order valence-electron chi connectivity index (χ3n) is 2.51. The molecule has 0 spiro atoms. The topological polar surface area (TPSA) is 55.1 Å². The van der Waals surface area contributed by atoms with Gasteiger partial charge in [0.2, 0.25) is 0 Å². The van der Waals surface area contributed by atoms with E-state index in [1.54, 1.807) is 0 Å². The molecule has 0 unspecified atom stereocenters. The number of aryl methyl sites for hydroxylation is 1. The molecule has 4 heteroatoms. The largest absolute Gasteiger partial charge is 0.476 e. The Morgan fingerprint density at radius 2 is 2.46 bits per heavy atom. The summed E-state index contributed by atoms with van der Waals surface area (Å²) in [6, 6.07) is 0. The number of aromatic nitrogens is 2. The Hall–Kier alpha value is -1.32. The first-order valence-electron chi connectivity index (χ1n) is 4.56. The third kappa shape index (κ3) is 1.13. The predicted molar refractivity (Wildman–Crippen MR) is 46.9 cm³/mol. The molecule has 0 saturated heterocycles. The Morgan fingerprint density at radius 3 is 3.08 bits per heavy atom. The van der Waals surface area contributed by atoms with Gasteiger partial charge in [-0.15, -0.1) is 0 Å². The summed E-state index contributed by atoms with van der Waals surface area (Å²) in [4.78, 5) is 10.8. The van der Waals surface area contributed by atoms with Crippen molar-refractivity contribution < 1.29 is 9.90 Å². The zero-order valence-electron chi connectivity index (χ0n) is 7.58.